The molecule has 2 aliphatic rings. The molecule has 0 radical (unpaired) electrons. The molecule has 0 amide bonds. The van der Waals surface area contributed by atoms with Gasteiger partial charge >= 0.3 is 0 Å². The molecule has 16 heavy (non-hydrogen) atoms. The summed E-state index contributed by atoms with van der Waals surface area (Å²) in [6.07, 6.45) is 6.47. The molecule has 0 aromatic carbocycles. The van der Waals surface area contributed by atoms with Gasteiger partial charge in [0.05, 0.1) is 0 Å². The Kier molecular flexibility index (Phi) is 5.07. The maximum Gasteiger partial charge on any atom is 0.0480 e. The van der Waals surface area contributed by atoms with Gasteiger partial charge in [0.1, 0.15) is 0 Å². The highest BCUT2D eigenvalue weighted by Gasteiger charge is 2.19. The third-order valence-electron chi connectivity index (χ3n) is 3.92. The van der Waals surface area contributed by atoms with E-state index < -0.39 is 0 Å². The van der Waals surface area contributed by atoms with Crippen LogP contribution in [0.5, 0.6) is 0 Å². The highest BCUT2D eigenvalue weighted by atomic mass is 16.5. The highest BCUT2D eigenvalue weighted by Crippen LogP contribution is 2.12. The van der Waals surface area contributed by atoms with Gasteiger partial charge in [-0.2, -0.15) is 0 Å². The quantitative estimate of drug-likeness (QED) is 0.788. The van der Waals surface area contributed by atoms with E-state index in [0.29, 0.717) is 12.1 Å². The molecular formula is C13H26N2O. The largest absolute Gasteiger partial charge is 0.381 e. The predicted octanol–water partition coefficient (Wildman–Crippen LogP) is 1.63. The van der Waals surface area contributed by atoms with Crippen molar-refractivity contribution < 1.29 is 4.74 Å². The molecule has 2 unspecified atom stereocenters. The minimum Gasteiger partial charge on any atom is -0.381 e. The van der Waals surface area contributed by atoms with Crippen LogP contribution in [0.1, 0.15) is 39.0 Å². The molecule has 0 saturated carbocycles. The first-order chi connectivity index (χ1) is 7.86. The summed E-state index contributed by atoms with van der Waals surface area (Å²) in [5, 5.41) is 3.72. The summed E-state index contributed by atoms with van der Waals surface area (Å²) in [6, 6.07) is 1.39. The molecule has 0 aromatic heterocycles. The van der Waals surface area contributed by atoms with Gasteiger partial charge in [-0.3, -0.25) is 4.90 Å². The standard InChI is InChI=1S/C13H26N2O/c1-12(15-7-2-3-8-15)11-14-13-5-4-9-16-10-6-13/h12-14H,2-11H2,1H3. The van der Waals surface area contributed by atoms with Gasteiger partial charge in [-0.05, 0) is 52.1 Å². The average molecular weight is 226 g/mol. The van der Waals surface area contributed by atoms with Crippen LogP contribution in [0.25, 0.3) is 0 Å². The van der Waals surface area contributed by atoms with Gasteiger partial charge < -0.3 is 10.1 Å². The lowest BCUT2D eigenvalue weighted by Gasteiger charge is -2.26. The molecule has 2 atom stereocenters. The minimum absolute atomic E-state index is 0.688. The van der Waals surface area contributed by atoms with E-state index in [4.69, 9.17) is 4.74 Å². The zero-order valence-corrected chi connectivity index (χ0v) is 10.6. The van der Waals surface area contributed by atoms with Crippen LogP contribution < -0.4 is 5.32 Å². The van der Waals surface area contributed by atoms with Crippen LogP contribution in [0.3, 0.4) is 0 Å². The lowest BCUT2D eigenvalue weighted by Crippen LogP contribution is -2.42. The topological polar surface area (TPSA) is 24.5 Å². The van der Waals surface area contributed by atoms with Gasteiger partial charge in [-0.15, -0.1) is 0 Å². The molecule has 94 valence electrons. The maximum absolute atomic E-state index is 5.48. The number of likely N-dealkylation sites (tertiary alicyclic amines) is 1. The van der Waals surface area contributed by atoms with Crippen molar-refractivity contribution in [3.8, 4) is 0 Å². The third kappa shape index (κ3) is 3.72. The number of hydrogen-bond acceptors (Lipinski definition) is 3. The number of nitrogens with one attached hydrogen (secondary N) is 1. The Bertz CT molecular complexity index is 182. The Morgan fingerprint density at radius 3 is 2.81 bits per heavy atom. The van der Waals surface area contributed by atoms with E-state index in [2.05, 4.69) is 17.1 Å². The van der Waals surface area contributed by atoms with E-state index in [9.17, 15) is 0 Å². The summed E-state index contributed by atoms with van der Waals surface area (Å²) in [4.78, 5) is 2.61. The first kappa shape index (κ1) is 12.3. The molecule has 0 bridgehead atoms. The number of ether oxygens (including phenoxy) is 1. The molecule has 2 fully saturated rings. The van der Waals surface area contributed by atoms with Crippen molar-refractivity contribution in [3.63, 3.8) is 0 Å². The zero-order chi connectivity index (χ0) is 11.2. The molecule has 0 aromatic rings. The van der Waals surface area contributed by atoms with E-state index in [1.165, 1.54) is 45.2 Å². The molecule has 0 aliphatic carbocycles. The summed E-state index contributed by atoms with van der Waals surface area (Å²) >= 11 is 0. The van der Waals surface area contributed by atoms with Crippen LogP contribution in [0.2, 0.25) is 0 Å². The molecule has 0 spiro atoms. The van der Waals surface area contributed by atoms with Crippen LogP contribution in [0.4, 0.5) is 0 Å². The molecule has 3 heteroatoms. The normalized spacial score (nSPS) is 30.2. The van der Waals surface area contributed by atoms with Crippen molar-refractivity contribution in [2.24, 2.45) is 0 Å². The Morgan fingerprint density at radius 1 is 1.19 bits per heavy atom. The van der Waals surface area contributed by atoms with Crippen LogP contribution >= 0.6 is 0 Å². The van der Waals surface area contributed by atoms with E-state index in [1.807, 2.05) is 0 Å². The second kappa shape index (κ2) is 6.58. The van der Waals surface area contributed by atoms with E-state index >= 15 is 0 Å². The smallest absolute Gasteiger partial charge is 0.0480 e. The third-order valence-corrected chi connectivity index (χ3v) is 3.92. The SMILES string of the molecule is CC(CNC1CCCOCC1)N1CCCC1. The van der Waals surface area contributed by atoms with Crippen LogP contribution in [0.15, 0.2) is 0 Å². The van der Waals surface area contributed by atoms with Crippen LogP contribution in [0, 0.1) is 0 Å². The zero-order valence-electron chi connectivity index (χ0n) is 10.6. The average Bonchev–Trinajstić information content (AvgIpc) is 2.71. The molecule has 2 aliphatic heterocycles. The van der Waals surface area contributed by atoms with Crippen molar-refractivity contribution in [1.82, 2.24) is 10.2 Å². The second-order valence-electron chi connectivity index (χ2n) is 5.24. The molecule has 2 rings (SSSR count). The number of hydrogen-bond donors (Lipinski definition) is 1. The van der Waals surface area contributed by atoms with Gasteiger partial charge in [0.25, 0.3) is 0 Å². The van der Waals surface area contributed by atoms with Crippen LogP contribution in [-0.2, 0) is 4.74 Å². The van der Waals surface area contributed by atoms with Crippen molar-refractivity contribution in [2.75, 3.05) is 32.8 Å². The summed E-state index contributed by atoms with van der Waals surface area (Å²) in [5.41, 5.74) is 0. The molecule has 1 N–H and O–H groups in total. The summed E-state index contributed by atoms with van der Waals surface area (Å²) in [5.74, 6) is 0. The van der Waals surface area contributed by atoms with E-state index in [0.717, 1.165) is 19.8 Å². The second-order valence-corrected chi connectivity index (χ2v) is 5.24. The van der Waals surface area contributed by atoms with Crippen LogP contribution in [-0.4, -0.2) is 49.8 Å². The van der Waals surface area contributed by atoms with Gasteiger partial charge in [0.2, 0.25) is 0 Å². The Balaban J connectivity index is 1.64. The molecule has 2 saturated heterocycles. The van der Waals surface area contributed by atoms with Gasteiger partial charge in [0.15, 0.2) is 0 Å². The Hall–Kier alpha value is -0.120. The van der Waals surface area contributed by atoms with Gasteiger partial charge in [-0.25, -0.2) is 0 Å². The maximum atomic E-state index is 5.48. The van der Waals surface area contributed by atoms with E-state index in [-0.39, 0.29) is 0 Å². The lowest BCUT2D eigenvalue weighted by atomic mass is 10.1. The Labute approximate surface area is 99.5 Å². The molecule has 3 nitrogen and oxygen atoms in total. The Morgan fingerprint density at radius 2 is 2.00 bits per heavy atom. The number of rotatable bonds is 4. The predicted molar refractivity (Wildman–Crippen MR) is 66.7 cm³/mol. The summed E-state index contributed by atoms with van der Waals surface area (Å²) < 4.78 is 5.48. The fourth-order valence-corrected chi connectivity index (χ4v) is 2.76. The van der Waals surface area contributed by atoms with Crippen molar-refractivity contribution in [2.45, 2.75) is 51.1 Å². The van der Waals surface area contributed by atoms with Gasteiger partial charge in [-0.1, -0.05) is 0 Å². The molecule has 2 heterocycles. The van der Waals surface area contributed by atoms with Crippen molar-refractivity contribution >= 4 is 0 Å². The lowest BCUT2D eigenvalue weighted by molar-refractivity contribution is 0.142. The fourth-order valence-electron chi connectivity index (χ4n) is 2.76. The van der Waals surface area contributed by atoms with Crippen molar-refractivity contribution in [3.05, 3.63) is 0 Å². The number of nitrogens with zero attached hydrogens (tertiary/aromatic N) is 1. The minimum atomic E-state index is 0.688. The summed E-state index contributed by atoms with van der Waals surface area (Å²) in [7, 11) is 0. The van der Waals surface area contributed by atoms with Crippen molar-refractivity contribution in [1.29, 1.82) is 0 Å². The first-order valence-corrected chi connectivity index (χ1v) is 6.91. The monoisotopic (exact) mass is 226 g/mol. The fraction of sp³-hybridized carbons (Fsp3) is 1.00. The highest BCUT2D eigenvalue weighted by molar-refractivity contribution is 4.77. The molecular weight excluding hydrogens is 200 g/mol. The summed E-state index contributed by atoms with van der Waals surface area (Å²) in [6.45, 7) is 8.00. The van der Waals surface area contributed by atoms with Gasteiger partial charge in [0, 0.05) is 31.8 Å². The first-order valence-electron chi connectivity index (χ1n) is 6.91. The van der Waals surface area contributed by atoms with E-state index in [1.54, 1.807) is 0 Å².